The van der Waals surface area contributed by atoms with Crippen LogP contribution < -0.4 is 5.32 Å². The van der Waals surface area contributed by atoms with Gasteiger partial charge < -0.3 is 10.4 Å². The molecule has 1 aliphatic heterocycles. The molecule has 1 saturated heterocycles. The summed E-state index contributed by atoms with van der Waals surface area (Å²) in [6, 6.07) is 8.16. The third-order valence-electron chi connectivity index (χ3n) is 2.85. The molecule has 1 aliphatic rings. The summed E-state index contributed by atoms with van der Waals surface area (Å²) in [5.74, 6) is -0.153. The Bertz CT molecular complexity index is 419. The van der Waals surface area contributed by atoms with Crippen molar-refractivity contribution >= 4 is 11.9 Å². The molecule has 0 aromatic heterocycles. The van der Waals surface area contributed by atoms with Gasteiger partial charge in [-0.25, -0.2) is 4.79 Å². The van der Waals surface area contributed by atoms with Crippen molar-refractivity contribution in [1.29, 1.82) is 0 Å². The minimum absolute atomic E-state index is 0.153. The van der Waals surface area contributed by atoms with Crippen LogP contribution in [0.1, 0.15) is 10.4 Å². The lowest BCUT2D eigenvalue weighted by Gasteiger charge is -2.32. The monoisotopic (exact) mass is 234 g/mol. The van der Waals surface area contributed by atoms with Crippen LogP contribution in [-0.4, -0.2) is 47.6 Å². The van der Waals surface area contributed by atoms with Gasteiger partial charge in [0.1, 0.15) is 6.04 Å². The first-order chi connectivity index (χ1) is 8.20. The summed E-state index contributed by atoms with van der Waals surface area (Å²) >= 11 is 0. The number of amides is 1. The highest BCUT2D eigenvalue weighted by Gasteiger charge is 2.32. The summed E-state index contributed by atoms with van der Waals surface area (Å²) in [4.78, 5) is 24.4. The molecular weight excluding hydrogens is 220 g/mol. The van der Waals surface area contributed by atoms with Gasteiger partial charge in [0.25, 0.3) is 0 Å². The van der Waals surface area contributed by atoms with Gasteiger partial charge in [-0.15, -0.1) is 0 Å². The van der Waals surface area contributed by atoms with Gasteiger partial charge in [-0.05, 0) is 0 Å². The second-order valence-electron chi connectivity index (χ2n) is 3.93. The van der Waals surface area contributed by atoms with Crippen molar-refractivity contribution in [3.05, 3.63) is 35.9 Å². The van der Waals surface area contributed by atoms with E-state index in [-0.39, 0.29) is 5.78 Å². The van der Waals surface area contributed by atoms with Crippen molar-refractivity contribution in [1.82, 2.24) is 10.2 Å². The van der Waals surface area contributed by atoms with E-state index in [4.69, 9.17) is 5.11 Å². The lowest BCUT2D eigenvalue weighted by Crippen LogP contribution is -2.56. The average molecular weight is 234 g/mol. The number of hydrogen-bond donors (Lipinski definition) is 2. The number of carbonyl (C=O) groups excluding carboxylic acids is 1. The first-order valence-electron chi connectivity index (χ1n) is 5.49. The summed E-state index contributed by atoms with van der Waals surface area (Å²) in [5, 5.41) is 12.1. The van der Waals surface area contributed by atoms with Crippen molar-refractivity contribution in [2.45, 2.75) is 6.04 Å². The van der Waals surface area contributed by atoms with Crippen LogP contribution in [0, 0.1) is 0 Å². The predicted octanol–water partition coefficient (Wildman–Crippen LogP) is 0.821. The number of rotatable bonds is 2. The summed E-state index contributed by atoms with van der Waals surface area (Å²) in [7, 11) is 0. The summed E-state index contributed by atoms with van der Waals surface area (Å²) in [6.45, 7) is 1.31. The Morgan fingerprint density at radius 3 is 2.65 bits per heavy atom. The van der Waals surface area contributed by atoms with Crippen LogP contribution in [0.4, 0.5) is 4.79 Å². The first kappa shape index (κ1) is 11.6. The van der Waals surface area contributed by atoms with Gasteiger partial charge in [0, 0.05) is 25.2 Å². The number of nitrogens with zero attached hydrogens (tertiary/aromatic N) is 1. The zero-order valence-corrected chi connectivity index (χ0v) is 9.30. The lowest BCUT2D eigenvalue weighted by molar-refractivity contribution is 0.0741. The smallest absolute Gasteiger partial charge is 0.408 e. The van der Waals surface area contributed by atoms with Crippen molar-refractivity contribution in [3.63, 3.8) is 0 Å². The number of carbonyl (C=O) groups is 2. The molecule has 2 rings (SSSR count). The van der Waals surface area contributed by atoms with Crippen molar-refractivity contribution in [2.24, 2.45) is 0 Å². The third kappa shape index (κ3) is 2.45. The van der Waals surface area contributed by atoms with Crippen LogP contribution in [0.5, 0.6) is 0 Å². The van der Waals surface area contributed by atoms with Crippen LogP contribution in [0.15, 0.2) is 30.3 Å². The predicted molar refractivity (Wildman–Crippen MR) is 62.2 cm³/mol. The van der Waals surface area contributed by atoms with E-state index in [2.05, 4.69) is 5.32 Å². The zero-order chi connectivity index (χ0) is 12.3. The molecule has 0 radical (unpaired) electrons. The molecule has 1 atom stereocenters. The van der Waals surface area contributed by atoms with E-state index in [1.807, 2.05) is 6.07 Å². The molecule has 0 saturated carbocycles. The largest absolute Gasteiger partial charge is 0.465 e. The van der Waals surface area contributed by atoms with Crippen molar-refractivity contribution < 1.29 is 14.7 Å². The molecule has 17 heavy (non-hydrogen) atoms. The Labute approximate surface area is 99.0 Å². The topological polar surface area (TPSA) is 69.6 Å². The van der Waals surface area contributed by atoms with Crippen LogP contribution in [0.3, 0.4) is 0 Å². The number of carboxylic acid groups (broad SMARTS) is 1. The number of hydrogen-bond acceptors (Lipinski definition) is 3. The Hall–Kier alpha value is -1.88. The van der Waals surface area contributed by atoms with Crippen LogP contribution in [-0.2, 0) is 0 Å². The lowest BCUT2D eigenvalue weighted by atomic mass is 10.0. The van der Waals surface area contributed by atoms with Crippen molar-refractivity contribution in [2.75, 3.05) is 19.6 Å². The summed E-state index contributed by atoms with van der Waals surface area (Å²) in [6.07, 6.45) is -1.04. The Morgan fingerprint density at radius 2 is 2.00 bits per heavy atom. The molecule has 2 N–H and O–H groups in total. The van der Waals surface area contributed by atoms with Crippen LogP contribution >= 0.6 is 0 Å². The second-order valence-corrected chi connectivity index (χ2v) is 3.93. The van der Waals surface area contributed by atoms with E-state index in [0.717, 1.165) is 0 Å². The van der Waals surface area contributed by atoms with E-state index in [0.29, 0.717) is 25.2 Å². The molecule has 1 heterocycles. The Kier molecular flexibility index (Phi) is 3.39. The third-order valence-corrected chi connectivity index (χ3v) is 2.85. The highest BCUT2D eigenvalue weighted by Crippen LogP contribution is 2.11. The maximum atomic E-state index is 12.2. The molecule has 1 amide bonds. The molecule has 1 unspecified atom stereocenters. The van der Waals surface area contributed by atoms with E-state index >= 15 is 0 Å². The molecule has 0 bridgehead atoms. The maximum Gasteiger partial charge on any atom is 0.408 e. The van der Waals surface area contributed by atoms with E-state index in [1.165, 1.54) is 4.90 Å². The summed E-state index contributed by atoms with van der Waals surface area (Å²) in [5.41, 5.74) is 0.549. The van der Waals surface area contributed by atoms with E-state index in [9.17, 15) is 9.59 Å². The SMILES string of the molecule is O=C(c1ccccc1)C1CNCCN1C(=O)O. The fraction of sp³-hybridized carbons (Fsp3) is 0.333. The fourth-order valence-electron chi connectivity index (χ4n) is 1.96. The molecule has 1 aromatic carbocycles. The van der Waals surface area contributed by atoms with Gasteiger partial charge >= 0.3 is 6.09 Å². The van der Waals surface area contributed by atoms with Crippen LogP contribution in [0.2, 0.25) is 0 Å². The molecule has 0 aliphatic carbocycles. The van der Waals surface area contributed by atoms with Crippen molar-refractivity contribution in [3.8, 4) is 0 Å². The molecule has 1 aromatic rings. The van der Waals surface area contributed by atoms with Gasteiger partial charge in [-0.1, -0.05) is 30.3 Å². The maximum absolute atomic E-state index is 12.2. The minimum Gasteiger partial charge on any atom is -0.465 e. The number of nitrogens with one attached hydrogen (secondary N) is 1. The van der Waals surface area contributed by atoms with E-state index < -0.39 is 12.1 Å². The molecule has 90 valence electrons. The Balaban J connectivity index is 2.20. The quantitative estimate of drug-likeness (QED) is 0.743. The van der Waals surface area contributed by atoms with Gasteiger partial charge in [0.05, 0.1) is 0 Å². The molecule has 0 spiro atoms. The van der Waals surface area contributed by atoms with Gasteiger partial charge in [-0.3, -0.25) is 9.69 Å². The first-order valence-corrected chi connectivity index (χ1v) is 5.49. The number of piperazine rings is 1. The minimum atomic E-state index is -1.04. The van der Waals surface area contributed by atoms with Gasteiger partial charge in [0.15, 0.2) is 5.78 Å². The number of benzene rings is 1. The second kappa shape index (κ2) is 4.97. The highest BCUT2D eigenvalue weighted by molar-refractivity contribution is 6.01. The van der Waals surface area contributed by atoms with Gasteiger partial charge in [-0.2, -0.15) is 0 Å². The number of ketones is 1. The van der Waals surface area contributed by atoms with Crippen LogP contribution in [0.25, 0.3) is 0 Å². The summed E-state index contributed by atoms with van der Waals surface area (Å²) < 4.78 is 0. The molecule has 5 heteroatoms. The normalized spacial score (nSPS) is 20.0. The molecular formula is C12H14N2O3. The average Bonchev–Trinajstić information content (AvgIpc) is 2.39. The molecule has 5 nitrogen and oxygen atoms in total. The fourth-order valence-corrected chi connectivity index (χ4v) is 1.96. The molecule has 1 fully saturated rings. The number of Topliss-reactive ketones (excluding diaryl/α,β-unsaturated/α-hetero) is 1. The van der Waals surface area contributed by atoms with Gasteiger partial charge in [0.2, 0.25) is 0 Å². The standard InChI is InChI=1S/C12H14N2O3/c15-11(9-4-2-1-3-5-9)10-8-13-6-7-14(10)12(16)17/h1-5,10,13H,6-8H2,(H,16,17). The zero-order valence-electron chi connectivity index (χ0n) is 9.30. The highest BCUT2D eigenvalue weighted by atomic mass is 16.4. The Morgan fingerprint density at radius 1 is 1.29 bits per heavy atom. The van der Waals surface area contributed by atoms with E-state index in [1.54, 1.807) is 24.3 Å².